The molecule has 2 aromatic rings. The van der Waals surface area contributed by atoms with Crippen molar-refractivity contribution in [2.45, 2.75) is 20.0 Å². The van der Waals surface area contributed by atoms with Crippen molar-refractivity contribution in [3.63, 3.8) is 0 Å². The Morgan fingerprint density at radius 1 is 1.27 bits per heavy atom. The first kappa shape index (κ1) is 18.6. The Morgan fingerprint density at radius 2 is 2.00 bits per heavy atom. The van der Waals surface area contributed by atoms with Gasteiger partial charge in [0.15, 0.2) is 4.32 Å². The fourth-order valence-electron chi connectivity index (χ4n) is 2.19. The van der Waals surface area contributed by atoms with Crippen molar-refractivity contribution in [3.8, 4) is 5.75 Å². The number of ether oxygens (including phenoxy) is 1. The van der Waals surface area contributed by atoms with Crippen LogP contribution in [0.5, 0.6) is 5.75 Å². The summed E-state index contributed by atoms with van der Waals surface area (Å²) in [4.78, 5) is 25.7. The molecule has 1 aliphatic rings. The molecule has 8 heteroatoms. The molecule has 0 radical (unpaired) electrons. The summed E-state index contributed by atoms with van der Waals surface area (Å²) in [5, 5.41) is 2.91. The maximum atomic E-state index is 12.6. The second-order valence-electron chi connectivity index (χ2n) is 5.67. The molecule has 1 saturated heterocycles. The van der Waals surface area contributed by atoms with Crippen LogP contribution in [0, 0.1) is 0 Å². The van der Waals surface area contributed by atoms with E-state index in [4.69, 9.17) is 17.0 Å². The quantitative estimate of drug-likeness (QED) is 0.601. The Hall–Kier alpha value is -2.16. The van der Waals surface area contributed by atoms with E-state index in [1.54, 1.807) is 23.6 Å². The number of hydrazine groups is 1. The van der Waals surface area contributed by atoms with Crippen LogP contribution in [0.4, 0.5) is 0 Å². The minimum atomic E-state index is -0.354. The van der Waals surface area contributed by atoms with Crippen molar-refractivity contribution >= 4 is 57.5 Å². The van der Waals surface area contributed by atoms with Gasteiger partial charge in [-0.3, -0.25) is 15.0 Å². The van der Waals surface area contributed by atoms with Crippen LogP contribution in [0.2, 0.25) is 0 Å². The largest absolute Gasteiger partial charge is 0.491 e. The van der Waals surface area contributed by atoms with E-state index in [9.17, 15) is 9.59 Å². The third-order valence-electron chi connectivity index (χ3n) is 3.30. The number of carbonyl (C=O) groups excluding carboxylic acids is 2. The van der Waals surface area contributed by atoms with Crippen LogP contribution in [0.15, 0.2) is 46.7 Å². The molecule has 1 aromatic carbocycles. The zero-order valence-corrected chi connectivity index (χ0v) is 16.5. The van der Waals surface area contributed by atoms with Gasteiger partial charge in [0.25, 0.3) is 11.8 Å². The van der Waals surface area contributed by atoms with E-state index in [2.05, 4.69) is 5.43 Å². The first-order valence-corrected chi connectivity index (χ1v) is 9.93. The minimum absolute atomic E-state index is 0.101. The number of nitrogens with one attached hydrogen (secondary N) is 1. The second-order valence-corrected chi connectivity index (χ2v) is 8.29. The van der Waals surface area contributed by atoms with Gasteiger partial charge in [0.05, 0.1) is 15.9 Å². The Labute approximate surface area is 165 Å². The summed E-state index contributed by atoms with van der Waals surface area (Å²) in [6.07, 6.45) is 1.85. The van der Waals surface area contributed by atoms with Crippen LogP contribution in [-0.2, 0) is 4.79 Å². The van der Waals surface area contributed by atoms with Crippen molar-refractivity contribution in [1.82, 2.24) is 10.4 Å². The summed E-state index contributed by atoms with van der Waals surface area (Å²) in [7, 11) is 0. The molecule has 2 heterocycles. The highest BCUT2D eigenvalue weighted by Gasteiger charge is 2.33. The Kier molecular flexibility index (Phi) is 5.75. The number of hydrogen-bond donors (Lipinski definition) is 1. The Bertz CT molecular complexity index is 858. The molecule has 134 valence electrons. The van der Waals surface area contributed by atoms with Crippen LogP contribution < -0.4 is 10.2 Å². The first-order valence-electron chi connectivity index (χ1n) is 7.83. The lowest BCUT2D eigenvalue weighted by Crippen LogP contribution is -2.44. The van der Waals surface area contributed by atoms with Gasteiger partial charge >= 0.3 is 0 Å². The van der Waals surface area contributed by atoms with Crippen LogP contribution in [-0.4, -0.2) is 27.2 Å². The average molecular weight is 405 g/mol. The van der Waals surface area contributed by atoms with Crippen molar-refractivity contribution in [1.29, 1.82) is 0 Å². The summed E-state index contributed by atoms with van der Waals surface area (Å²) in [5.41, 5.74) is 3.41. The highest BCUT2D eigenvalue weighted by molar-refractivity contribution is 8.26. The van der Waals surface area contributed by atoms with Crippen molar-refractivity contribution < 1.29 is 14.3 Å². The summed E-state index contributed by atoms with van der Waals surface area (Å²) in [5.74, 6) is 0.0769. The number of rotatable bonds is 5. The van der Waals surface area contributed by atoms with Gasteiger partial charge in [0, 0.05) is 0 Å². The van der Waals surface area contributed by atoms with Crippen molar-refractivity contribution in [2.24, 2.45) is 0 Å². The number of thiocarbonyl (C=S) groups is 1. The monoisotopic (exact) mass is 404 g/mol. The molecule has 1 N–H and O–H groups in total. The van der Waals surface area contributed by atoms with Gasteiger partial charge in [-0.05, 0) is 61.3 Å². The highest BCUT2D eigenvalue weighted by atomic mass is 32.2. The van der Waals surface area contributed by atoms with Gasteiger partial charge in [0.1, 0.15) is 5.75 Å². The number of carbonyl (C=O) groups is 2. The molecule has 1 aromatic heterocycles. The molecule has 2 amide bonds. The predicted molar refractivity (Wildman–Crippen MR) is 109 cm³/mol. The number of thiophene rings is 1. The van der Waals surface area contributed by atoms with Gasteiger partial charge in [-0.2, -0.15) is 5.01 Å². The van der Waals surface area contributed by atoms with Crippen LogP contribution in [0.3, 0.4) is 0 Å². The average Bonchev–Trinajstić information content (AvgIpc) is 3.21. The van der Waals surface area contributed by atoms with Gasteiger partial charge in [-0.15, -0.1) is 11.3 Å². The number of benzene rings is 1. The maximum absolute atomic E-state index is 12.6. The number of hydrogen-bond acceptors (Lipinski definition) is 6. The van der Waals surface area contributed by atoms with Gasteiger partial charge in [-0.1, -0.05) is 30.0 Å². The lowest BCUT2D eigenvalue weighted by atomic mass is 10.2. The molecule has 5 nitrogen and oxygen atoms in total. The maximum Gasteiger partial charge on any atom is 0.285 e. The normalized spacial score (nSPS) is 15.8. The fourth-order valence-corrected chi connectivity index (χ4v) is 3.99. The van der Waals surface area contributed by atoms with E-state index in [0.29, 0.717) is 14.1 Å². The van der Waals surface area contributed by atoms with Crippen molar-refractivity contribution in [2.75, 3.05) is 0 Å². The van der Waals surface area contributed by atoms with Crippen molar-refractivity contribution in [3.05, 3.63) is 57.1 Å². The molecule has 0 spiro atoms. The lowest BCUT2D eigenvalue weighted by molar-refractivity contribution is -0.123. The topological polar surface area (TPSA) is 58.6 Å². The molecule has 3 rings (SSSR count). The lowest BCUT2D eigenvalue weighted by Gasteiger charge is -2.14. The molecule has 0 atom stereocenters. The molecular formula is C18H16N2O3S3. The third kappa shape index (κ3) is 4.32. The SMILES string of the molecule is CC(C)Oc1ccc(/C=C2\SC(=S)N(NC(=O)c3cccs3)C2=O)cc1. The van der Waals surface area contributed by atoms with Crippen LogP contribution >= 0.6 is 35.3 Å². The van der Waals surface area contributed by atoms with Gasteiger partial charge in [0.2, 0.25) is 0 Å². The highest BCUT2D eigenvalue weighted by Crippen LogP contribution is 2.31. The summed E-state index contributed by atoms with van der Waals surface area (Å²) in [6.45, 7) is 3.92. The smallest absolute Gasteiger partial charge is 0.285 e. The molecule has 26 heavy (non-hydrogen) atoms. The zero-order valence-electron chi connectivity index (χ0n) is 14.1. The predicted octanol–water partition coefficient (Wildman–Crippen LogP) is 4.08. The Morgan fingerprint density at radius 3 is 2.62 bits per heavy atom. The minimum Gasteiger partial charge on any atom is -0.491 e. The molecule has 1 fully saturated rings. The van der Waals surface area contributed by atoms with E-state index in [-0.39, 0.29) is 17.9 Å². The van der Waals surface area contributed by atoms with E-state index in [1.807, 2.05) is 38.1 Å². The standard InChI is InChI=1S/C18H16N2O3S3/c1-11(2)23-13-7-5-12(6-8-13)10-15-17(22)20(18(24)26-15)19-16(21)14-4-3-9-25-14/h3-11H,1-2H3,(H,19,21)/b15-10-. The molecule has 0 aliphatic carbocycles. The molecule has 0 unspecified atom stereocenters. The van der Waals surface area contributed by atoms with Gasteiger partial charge in [-0.25, -0.2) is 0 Å². The first-order chi connectivity index (χ1) is 12.4. The van der Waals surface area contributed by atoms with E-state index in [0.717, 1.165) is 28.1 Å². The van der Waals surface area contributed by atoms with Crippen LogP contribution in [0.1, 0.15) is 29.1 Å². The third-order valence-corrected chi connectivity index (χ3v) is 5.47. The summed E-state index contributed by atoms with van der Waals surface area (Å²) in [6, 6.07) is 10.9. The molecule has 0 bridgehead atoms. The van der Waals surface area contributed by atoms with E-state index in [1.165, 1.54) is 11.3 Å². The summed E-state index contributed by atoms with van der Waals surface area (Å²) < 4.78 is 5.90. The summed E-state index contributed by atoms with van der Waals surface area (Å²) >= 11 is 7.68. The number of amides is 2. The zero-order chi connectivity index (χ0) is 18.7. The van der Waals surface area contributed by atoms with E-state index < -0.39 is 0 Å². The van der Waals surface area contributed by atoms with Gasteiger partial charge < -0.3 is 4.74 Å². The molecule has 1 aliphatic heterocycles. The molecule has 0 saturated carbocycles. The van der Waals surface area contributed by atoms with E-state index >= 15 is 0 Å². The Balaban J connectivity index is 1.71. The van der Waals surface area contributed by atoms with Crippen LogP contribution in [0.25, 0.3) is 6.08 Å². The number of nitrogens with zero attached hydrogens (tertiary/aromatic N) is 1. The number of thioether (sulfide) groups is 1. The fraction of sp³-hybridized carbons (Fsp3) is 0.167. The molecular weight excluding hydrogens is 388 g/mol. The second kappa shape index (κ2) is 8.03.